The fraction of sp³-hybridized carbons (Fsp3) is 0.476. The third-order valence-corrected chi connectivity index (χ3v) is 6.13. The van der Waals surface area contributed by atoms with E-state index in [2.05, 4.69) is 33.3 Å². The van der Waals surface area contributed by atoms with Gasteiger partial charge in [0.25, 0.3) is 0 Å². The number of aromatic nitrogens is 1. The highest BCUT2D eigenvalue weighted by atomic mass is 16.3. The highest BCUT2D eigenvalue weighted by Gasteiger charge is 2.28. The van der Waals surface area contributed by atoms with Crippen LogP contribution in [0, 0.1) is 0 Å². The van der Waals surface area contributed by atoms with Gasteiger partial charge in [-0.05, 0) is 50.9 Å². The molecule has 5 nitrogen and oxygen atoms in total. The number of hydrogen-bond acceptors (Lipinski definition) is 5. The molecule has 1 atom stereocenters. The van der Waals surface area contributed by atoms with Crippen molar-refractivity contribution in [3.8, 4) is 11.3 Å². The van der Waals surface area contributed by atoms with Gasteiger partial charge >= 0.3 is 0 Å². The summed E-state index contributed by atoms with van der Waals surface area (Å²) < 4.78 is 0. The van der Waals surface area contributed by atoms with Crippen LogP contribution in [0.15, 0.2) is 36.4 Å². The molecule has 0 aliphatic carbocycles. The summed E-state index contributed by atoms with van der Waals surface area (Å²) in [6.45, 7) is 4.72. The number of likely N-dealkylation sites (tertiary alicyclic amines) is 1. The van der Waals surface area contributed by atoms with Crippen molar-refractivity contribution in [2.45, 2.75) is 38.0 Å². The van der Waals surface area contributed by atoms with Crippen LogP contribution >= 0.6 is 0 Å². The van der Waals surface area contributed by atoms with Gasteiger partial charge in [0, 0.05) is 30.3 Å². The van der Waals surface area contributed by atoms with Gasteiger partial charge in [-0.2, -0.15) is 0 Å². The van der Waals surface area contributed by atoms with Crippen LogP contribution in [0.5, 0.6) is 0 Å². The van der Waals surface area contributed by atoms with E-state index in [1.165, 1.54) is 38.8 Å². The van der Waals surface area contributed by atoms with Gasteiger partial charge in [0.05, 0.1) is 11.4 Å². The molecule has 0 radical (unpaired) electrons. The molecule has 0 amide bonds. The van der Waals surface area contributed by atoms with Crippen molar-refractivity contribution in [2.75, 3.05) is 36.4 Å². The van der Waals surface area contributed by atoms with Crippen LogP contribution in [-0.4, -0.2) is 47.2 Å². The average Bonchev–Trinajstić information content (AvgIpc) is 3.23. The van der Waals surface area contributed by atoms with Gasteiger partial charge in [0.2, 0.25) is 0 Å². The number of aliphatic hydroxyl groups is 1. The summed E-state index contributed by atoms with van der Waals surface area (Å²) in [4.78, 5) is 10.1. The van der Waals surface area contributed by atoms with Gasteiger partial charge in [-0.15, -0.1) is 0 Å². The van der Waals surface area contributed by atoms with Gasteiger partial charge in [0.15, 0.2) is 6.23 Å². The second kappa shape index (κ2) is 6.56. The van der Waals surface area contributed by atoms with Crippen molar-refractivity contribution >= 4 is 11.5 Å². The predicted octanol–water partition coefficient (Wildman–Crippen LogP) is 3.23. The Morgan fingerprint density at radius 2 is 1.73 bits per heavy atom. The van der Waals surface area contributed by atoms with Crippen molar-refractivity contribution in [3.05, 3.63) is 42.0 Å². The van der Waals surface area contributed by atoms with Crippen LogP contribution in [0.25, 0.3) is 11.3 Å². The van der Waals surface area contributed by atoms with Gasteiger partial charge in [0.1, 0.15) is 5.82 Å². The Balaban J connectivity index is 1.37. The minimum absolute atomic E-state index is 0.664. The summed E-state index contributed by atoms with van der Waals surface area (Å²) in [6.07, 6.45) is 4.52. The number of nitrogens with one attached hydrogen (secondary N) is 1. The van der Waals surface area contributed by atoms with Gasteiger partial charge < -0.3 is 20.2 Å². The molecule has 1 aromatic carbocycles. The normalized spacial score (nSPS) is 23.4. The first kappa shape index (κ1) is 16.1. The molecule has 1 aromatic heterocycles. The van der Waals surface area contributed by atoms with Crippen molar-refractivity contribution < 1.29 is 5.11 Å². The maximum absolute atomic E-state index is 10.3. The maximum atomic E-state index is 10.3. The molecule has 2 aromatic rings. The molecule has 0 bridgehead atoms. The third kappa shape index (κ3) is 2.75. The molecule has 1 unspecified atom stereocenters. The topological polar surface area (TPSA) is 51.6 Å². The molecule has 26 heavy (non-hydrogen) atoms. The van der Waals surface area contributed by atoms with Crippen molar-refractivity contribution in [2.24, 2.45) is 0 Å². The Hall–Kier alpha value is -2.11. The predicted molar refractivity (Wildman–Crippen MR) is 104 cm³/mol. The van der Waals surface area contributed by atoms with Crippen molar-refractivity contribution in [1.29, 1.82) is 0 Å². The van der Waals surface area contributed by atoms with Crippen molar-refractivity contribution in [1.82, 2.24) is 9.88 Å². The minimum atomic E-state index is -0.664. The number of aliphatic hydroxyl groups excluding tert-OH is 1. The molecule has 2 fully saturated rings. The molecule has 3 aliphatic rings. The van der Waals surface area contributed by atoms with Crippen LogP contribution in [0.1, 0.15) is 37.5 Å². The van der Waals surface area contributed by atoms with E-state index in [9.17, 15) is 5.11 Å². The van der Waals surface area contributed by atoms with E-state index in [4.69, 9.17) is 4.98 Å². The highest BCUT2D eigenvalue weighted by Crippen LogP contribution is 2.39. The monoisotopic (exact) mass is 350 g/mol. The second-order valence-corrected chi connectivity index (χ2v) is 7.66. The fourth-order valence-electron chi connectivity index (χ4n) is 4.69. The molecule has 4 heterocycles. The van der Waals surface area contributed by atoms with Crippen LogP contribution in [0.3, 0.4) is 0 Å². The highest BCUT2D eigenvalue weighted by molar-refractivity contribution is 5.81. The van der Waals surface area contributed by atoms with Gasteiger partial charge in [-0.3, -0.25) is 0 Å². The lowest BCUT2D eigenvalue weighted by Gasteiger charge is -2.37. The number of hydrogen-bond donors (Lipinski definition) is 2. The number of piperidine rings is 1. The number of rotatable bonds is 2. The summed E-state index contributed by atoms with van der Waals surface area (Å²) in [5.41, 5.74) is 3.79. The number of anilines is 2. The third-order valence-electron chi connectivity index (χ3n) is 6.13. The molecule has 5 rings (SSSR count). The van der Waals surface area contributed by atoms with Crippen LogP contribution in [0.2, 0.25) is 0 Å². The molecule has 3 aliphatic heterocycles. The first-order chi connectivity index (χ1) is 12.8. The summed E-state index contributed by atoms with van der Waals surface area (Å²) in [5, 5.41) is 13.5. The first-order valence-corrected chi connectivity index (χ1v) is 9.83. The Morgan fingerprint density at radius 3 is 2.54 bits per heavy atom. The van der Waals surface area contributed by atoms with Gasteiger partial charge in [-0.25, -0.2) is 4.98 Å². The number of nitrogens with zero attached hydrogens (tertiary/aromatic N) is 3. The lowest BCUT2D eigenvalue weighted by Crippen LogP contribution is -2.44. The first-order valence-electron chi connectivity index (χ1n) is 9.83. The van der Waals surface area contributed by atoms with E-state index in [1.807, 2.05) is 18.2 Å². The number of benzene rings is 1. The Labute approximate surface area is 154 Å². The molecule has 5 heteroatoms. The van der Waals surface area contributed by atoms with E-state index in [0.29, 0.717) is 0 Å². The molecule has 136 valence electrons. The second-order valence-electron chi connectivity index (χ2n) is 7.66. The summed E-state index contributed by atoms with van der Waals surface area (Å²) in [7, 11) is 0. The molecular formula is C21H26N4O. The lowest BCUT2D eigenvalue weighted by molar-refractivity contribution is 0.207. The largest absolute Gasteiger partial charge is 0.369 e. The summed E-state index contributed by atoms with van der Waals surface area (Å²) in [6, 6.07) is 12.9. The average molecular weight is 350 g/mol. The zero-order valence-corrected chi connectivity index (χ0v) is 15.1. The minimum Gasteiger partial charge on any atom is -0.369 e. The van der Waals surface area contributed by atoms with E-state index in [-0.39, 0.29) is 0 Å². The summed E-state index contributed by atoms with van der Waals surface area (Å²) in [5.74, 6) is 1.05. The smallest absolute Gasteiger partial charge is 0.151 e. The quantitative estimate of drug-likeness (QED) is 0.871. The zero-order valence-electron chi connectivity index (χ0n) is 15.1. The SMILES string of the molecule is OC1Nc2ccc(N3CCC(N4CCCC4)CC3)nc2-c2ccccc21. The standard InChI is InChI=1S/C21H26N4O/c26-21-17-6-2-1-5-16(17)20-18(22-21)7-8-19(23-20)25-13-9-15(10-14-25)24-11-3-4-12-24/h1-2,5-8,15,21-22,26H,3-4,9-14H2. The molecule has 2 saturated heterocycles. The zero-order chi connectivity index (χ0) is 17.5. The summed E-state index contributed by atoms with van der Waals surface area (Å²) >= 11 is 0. The number of pyridine rings is 1. The maximum Gasteiger partial charge on any atom is 0.151 e. The molecule has 0 saturated carbocycles. The van der Waals surface area contributed by atoms with E-state index < -0.39 is 6.23 Å². The van der Waals surface area contributed by atoms with E-state index in [1.54, 1.807) is 0 Å². The lowest BCUT2D eigenvalue weighted by atomic mass is 9.97. The van der Waals surface area contributed by atoms with Crippen LogP contribution in [0.4, 0.5) is 11.5 Å². The van der Waals surface area contributed by atoms with Gasteiger partial charge in [-0.1, -0.05) is 24.3 Å². The van der Waals surface area contributed by atoms with Crippen LogP contribution in [-0.2, 0) is 0 Å². The molecular weight excluding hydrogens is 324 g/mol. The van der Waals surface area contributed by atoms with E-state index >= 15 is 0 Å². The van der Waals surface area contributed by atoms with E-state index in [0.717, 1.165) is 47.5 Å². The molecule has 2 N–H and O–H groups in total. The fourth-order valence-corrected chi connectivity index (χ4v) is 4.69. The Bertz CT molecular complexity index is 794. The van der Waals surface area contributed by atoms with Crippen LogP contribution < -0.4 is 10.2 Å². The Morgan fingerprint density at radius 1 is 0.962 bits per heavy atom. The van der Waals surface area contributed by atoms with Crippen molar-refractivity contribution in [3.63, 3.8) is 0 Å². The Kier molecular flexibility index (Phi) is 4.06. The molecule has 0 spiro atoms. The number of fused-ring (bicyclic) bond motifs is 3.